The van der Waals surface area contributed by atoms with Crippen molar-refractivity contribution in [3.63, 3.8) is 0 Å². The molecule has 20 heavy (non-hydrogen) atoms. The van der Waals surface area contributed by atoms with Gasteiger partial charge in [-0.2, -0.15) is 0 Å². The van der Waals surface area contributed by atoms with Crippen LogP contribution in [0.1, 0.15) is 63.2 Å². The Morgan fingerprint density at radius 3 is 2.50 bits per heavy atom. The average molecular weight is 276 g/mol. The van der Waals surface area contributed by atoms with Gasteiger partial charge in [-0.3, -0.25) is 0 Å². The van der Waals surface area contributed by atoms with E-state index in [0.717, 1.165) is 37.7 Å². The summed E-state index contributed by atoms with van der Waals surface area (Å²) >= 11 is 0. The Balaban J connectivity index is 2.20. The van der Waals surface area contributed by atoms with Gasteiger partial charge in [0.25, 0.3) is 0 Å². The molecule has 1 aromatic rings. The summed E-state index contributed by atoms with van der Waals surface area (Å²) in [6.45, 7) is 4.45. The molecule has 1 N–H and O–H groups in total. The fourth-order valence-electron chi connectivity index (χ4n) is 3.40. The summed E-state index contributed by atoms with van der Waals surface area (Å²) in [5, 5.41) is 10.8. The van der Waals surface area contributed by atoms with E-state index in [9.17, 15) is 5.11 Å². The molecule has 1 saturated carbocycles. The third kappa shape index (κ3) is 3.42. The minimum Gasteiger partial charge on any atom is -0.385 e. The van der Waals surface area contributed by atoms with Crippen molar-refractivity contribution in [3.05, 3.63) is 35.4 Å². The molecule has 0 heterocycles. The first kappa shape index (κ1) is 15.5. The Hall–Kier alpha value is -0.860. The Morgan fingerprint density at radius 1 is 1.20 bits per heavy atom. The molecule has 0 aromatic heterocycles. The molecule has 1 fully saturated rings. The highest BCUT2D eigenvalue weighted by atomic mass is 16.5. The summed E-state index contributed by atoms with van der Waals surface area (Å²) in [6, 6.07) is 8.39. The number of aliphatic hydroxyl groups excluding tert-OH is 1. The van der Waals surface area contributed by atoms with Crippen molar-refractivity contribution in [1.82, 2.24) is 0 Å². The van der Waals surface area contributed by atoms with Crippen LogP contribution in [0.3, 0.4) is 0 Å². The first-order chi connectivity index (χ1) is 9.57. The number of ether oxygens (including phenoxy) is 1. The number of hydrogen-bond acceptors (Lipinski definition) is 2. The fourth-order valence-corrected chi connectivity index (χ4v) is 3.40. The number of aliphatic hydroxyl groups is 1. The number of hydrogen-bond donors (Lipinski definition) is 1. The van der Waals surface area contributed by atoms with E-state index in [1.807, 2.05) is 6.07 Å². The predicted molar refractivity (Wildman–Crippen MR) is 82.8 cm³/mol. The van der Waals surface area contributed by atoms with Crippen LogP contribution in [0.2, 0.25) is 0 Å². The largest absolute Gasteiger partial charge is 0.385 e. The smallest absolute Gasteiger partial charge is 0.108 e. The van der Waals surface area contributed by atoms with Crippen LogP contribution in [0, 0.1) is 5.92 Å². The van der Waals surface area contributed by atoms with Crippen LogP contribution in [0.5, 0.6) is 0 Å². The van der Waals surface area contributed by atoms with Gasteiger partial charge in [0, 0.05) is 7.11 Å². The van der Waals surface area contributed by atoms with E-state index >= 15 is 0 Å². The van der Waals surface area contributed by atoms with Crippen molar-refractivity contribution in [3.8, 4) is 0 Å². The molecule has 0 radical (unpaired) electrons. The zero-order valence-electron chi connectivity index (χ0n) is 13.1. The van der Waals surface area contributed by atoms with E-state index in [1.54, 1.807) is 7.11 Å². The molecule has 1 aliphatic rings. The second-order valence-electron chi connectivity index (χ2n) is 6.58. The third-order valence-corrected chi connectivity index (χ3v) is 4.52. The van der Waals surface area contributed by atoms with Gasteiger partial charge in [-0.1, -0.05) is 57.4 Å². The van der Waals surface area contributed by atoms with Crippen LogP contribution in [0.25, 0.3) is 0 Å². The van der Waals surface area contributed by atoms with Crippen molar-refractivity contribution in [2.75, 3.05) is 7.11 Å². The highest BCUT2D eigenvalue weighted by Crippen LogP contribution is 2.41. The van der Waals surface area contributed by atoms with Crippen molar-refractivity contribution in [2.24, 2.45) is 5.92 Å². The monoisotopic (exact) mass is 276 g/mol. The molecule has 2 heteroatoms. The molecule has 1 unspecified atom stereocenters. The summed E-state index contributed by atoms with van der Waals surface area (Å²) in [5.74, 6) is 0.633. The predicted octanol–water partition coefficient (Wildman–Crippen LogP) is 4.27. The lowest BCUT2D eigenvalue weighted by Crippen LogP contribution is -2.40. The number of methoxy groups -OCH3 is 1. The van der Waals surface area contributed by atoms with Crippen molar-refractivity contribution in [1.29, 1.82) is 0 Å². The van der Waals surface area contributed by atoms with Gasteiger partial charge < -0.3 is 9.84 Å². The molecular weight excluding hydrogens is 248 g/mol. The van der Waals surface area contributed by atoms with E-state index in [4.69, 9.17) is 4.74 Å². The summed E-state index contributed by atoms with van der Waals surface area (Å²) in [7, 11) is 1.74. The van der Waals surface area contributed by atoms with E-state index in [0.29, 0.717) is 5.92 Å². The minimum absolute atomic E-state index is 0.380. The first-order valence-electron chi connectivity index (χ1n) is 7.89. The van der Waals surface area contributed by atoms with Crippen molar-refractivity contribution < 1.29 is 9.84 Å². The molecule has 0 aliphatic heterocycles. The van der Waals surface area contributed by atoms with Gasteiger partial charge in [0.1, 0.15) is 6.10 Å². The van der Waals surface area contributed by atoms with Gasteiger partial charge in [0.2, 0.25) is 0 Å². The number of rotatable bonds is 5. The Kier molecular flexibility index (Phi) is 5.22. The fraction of sp³-hybridized carbons (Fsp3) is 0.667. The normalized spacial score (nSPS) is 20.1. The molecule has 0 bridgehead atoms. The highest BCUT2D eigenvalue weighted by Gasteiger charge is 2.39. The van der Waals surface area contributed by atoms with Gasteiger partial charge in [-0.05, 0) is 36.3 Å². The summed E-state index contributed by atoms with van der Waals surface area (Å²) in [6.07, 6.45) is 6.01. The van der Waals surface area contributed by atoms with E-state index in [1.165, 1.54) is 12.0 Å². The molecular formula is C18H28O2. The lowest BCUT2D eigenvalue weighted by Gasteiger charge is -2.40. The lowest BCUT2D eigenvalue weighted by atomic mass is 9.78. The van der Waals surface area contributed by atoms with Gasteiger partial charge in [0.05, 0.1) is 5.60 Å². The highest BCUT2D eigenvalue weighted by molar-refractivity contribution is 5.27. The van der Waals surface area contributed by atoms with Crippen LogP contribution in [0.15, 0.2) is 24.3 Å². The molecule has 0 amide bonds. The first-order valence-corrected chi connectivity index (χ1v) is 7.89. The SMILES string of the molecule is COC1(C(O)c2cccc(CC(C)C)c2)CCCCC1. The van der Waals surface area contributed by atoms with E-state index < -0.39 is 6.10 Å². The van der Waals surface area contributed by atoms with Gasteiger partial charge >= 0.3 is 0 Å². The molecule has 1 atom stereocenters. The van der Waals surface area contributed by atoms with Crippen LogP contribution in [-0.2, 0) is 11.2 Å². The van der Waals surface area contributed by atoms with Crippen LogP contribution < -0.4 is 0 Å². The van der Waals surface area contributed by atoms with Crippen LogP contribution in [0.4, 0.5) is 0 Å². The minimum atomic E-state index is -0.514. The second-order valence-corrected chi connectivity index (χ2v) is 6.58. The third-order valence-electron chi connectivity index (χ3n) is 4.52. The average Bonchev–Trinajstić information content (AvgIpc) is 2.47. The lowest BCUT2D eigenvalue weighted by molar-refractivity contribution is -0.125. The van der Waals surface area contributed by atoms with Crippen LogP contribution >= 0.6 is 0 Å². The summed E-state index contributed by atoms with van der Waals surface area (Å²) in [4.78, 5) is 0. The molecule has 112 valence electrons. The molecule has 2 nitrogen and oxygen atoms in total. The molecule has 1 aliphatic carbocycles. The van der Waals surface area contributed by atoms with Crippen molar-refractivity contribution in [2.45, 2.75) is 64.1 Å². The molecule has 1 aromatic carbocycles. The van der Waals surface area contributed by atoms with Gasteiger partial charge in [0.15, 0.2) is 0 Å². The Morgan fingerprint density at radius 2 is 1.90 bits per heavy atom. The summed E-state index contributed by atoms with van der Waals surface area (Å²) < 4.78 is 5.77. The van der Waals surface area contributed by atoms with Crippen LogP contribution in [-0.4, -0.2) is 17.8 Å². The molecule has 0 spiro atoms. The Labute approximate surface area is 123 Å². The van der Waals surface area contributed by atoms with Crippen molar-refractivity contribution >= 4 is 0 Å². The maximum Gasteiger partial charge on any atom is 0.108 e. The molecule has 0 saturated heterocycles. The topological polar surface area (TPSA) is 29.5 Å². The summed E-state index contributed by atoms with van der Waals surface area (Å²) in [5.41, 5.74) is 1.93. The quantitative estimate of drug-likeness (QED) is 0.870. The maximum absolute atomic E-state index is 10.8. The van der Waals surface area contributed by atoms with Gasteiger partial charge in [-0.25, -0.2) is 0 Å². The second kappa shape index (κ2) is 6.73. The standard InChI is InChI=1S/C18H28O2/c1-14(2)12-15-8-7-9-16(13-15)17(19)18(20-3)10-5-4-6-11-18/h7-9,13-14,17,19H,4-6,10-12H2,1-3H3. The zero-order valence-corrected chi connectivity index (χ0v) is 13.1. The Bertz CT molecular complexity index is 419. The van der Waals surface area contributed by atoms with E-state index in [-0.39, 0.29) is 5.60 Å². The zero-order chi connectivity index (χ0) is 14.6. The maximum atomic E-state index is 10.8. The van der Waals surface area contributed by atoms with Gasteiger partial charge in [-0.15, -0.1) is 0 Å². The van der Waals surface area contributed by atoms with E-state index in [2.05, 4.69) is 32.0 Å². The molecule has 2 rings (SSSR count). The number of benzene rings is 1.